The number of benzene rings is 1. The number of rotatable bonds is 7. The van der Waals surface area contributed by atoms with Gasteiger partial charge in [0.15, 0.2) is 18.1 Å². The fourth-order valence-electron chi connectivity index (χ4n) is 3.09. The van der Waals surface area contributed by atoms with E-state index < -0.39 is 0 Å². The van der Waals surface area contributed by atoms with Crippen LogP contribution in [0.1, 0.15) is 47.1 Å². The van der Waals surface area contributed by atoms with Crippen LogP contribution in [0, 0.1) is 11.8 Å². The molecule has 1 amide bonds. The normalized spacial score (nSPS) is 15.3. The number of para-hydroxylation sites is 1. The summed E-state index contributed by atoms with van der Waals surface area (Å²) in [5.41, 5.74) is 0.929. The van der Waals surface area contributed by atoms with Gasteiger partial charge in [0.1, 0.15) is 5.60 Å². The van der Waals surface area contributed by atoms with Crippen LogP contribution < -0.4 is 9.47 Å². The summed E-state index contributed by atoms with van der Waals surface area (Å²) in [4.78, 5) is 14.5. The molecule has 1 aromatic carbocycles. The van der Waals surface area contributed by atoms with Crippen LogP contribution in [-0.4, -0.2) is 36.1 Å². The average Bonchev–Trinajstić information content (AvgIpc) is 2.77. The Kier molecular flexibility index (Phi) is 5.79. The van der Waals surface area contributed by atoms with Gasteiger partial charge in [0.05, 0.1) is 0 Å². The molecule has 0 atom stereocenters. The summed E-state index contributed by atoms with van der Waals surface area (Å²) in [5, 5.41) is 0. The van der Waals surface area contributed by atoms with E-state index in [9.17, 15) is 4.79 Å². The van der Waals surface area contributed by atoms with Crippen LogP contribution in [0.25, 0.3) is 0 Å². The van der Waals surface area contributed by atoms with Crippen LogP contribution in [0.4, 0.5) is 0 Å². The van der Waals surface area contributed by atoms with Crippen molar-refractivity contribution in [1.82, 2.24) is 4.90 Å². The van der Waals surface area contributed by atoms with E-state index in [2.05, 4.69) is 47.6 Å². The molecule has 0 spiro atoms. The molecule has 0 aromatic heterocycles. The monoisotopic (exact) mass is 333 g/mol. The van der Waals surface area contributed by atoms with Crippen molar-refractivity contribution in [3.63, 3.8) is 0 Å². The Labute approximate surface area is 146 Å². The summed E-state index contributed by atoms with van der Waals surface area (Å²) in [5.74, 6) is 2.37. The largest absolute Gasteiger partial charge is 0.483 e. The first-order valence-corrected chi connectivity index (χ1v) is 8.89. The van der Waals surface area contributed by atoms with E-state index in [4.69, 9.17) is 9.47 Å². The summed E-state index contributed by atoms with van der Waals surface area (Å²) >= 11 is 0. The molecule has 1 aliphatic heterocycles. The summed E-state index contributed by atoms with van der Waals surface area (Å²) in [6.07, 6.45) is 0.861. The lowest BCUT2D eigenvalue weighted by atomic mass is 10.0. The highest BCUT2D eigenvalue weighted by molar-refractivity contribution is 5.78. The number of nitrogens with zero attached hydrogens (tertiary/aromatic N) is 1. The second-order valence-electron chi connectivity index (χ2n) is 8.16. The lowest BCUT2D eigenvalue weighted by Crippen LogP contribution is -2.39. The standard InChI is InChI=1S/C20H31NO3/c1-14(2)11-21(12-15(3)4)18(22)13-23-17-9-7-8-16-10-20(5,6)24-19(16)17/h7-9,14-15H,10-13H2,1-6H3. The van der Waals surface area contributed by atoms with Crippen LogP contribution in [0.2, 0.25) is 0 Å². The van der Waals surface area contributed by atoms with E-state index in [0.717, 1.165) is 30.8 Å². The predicted molar refractivity (Wildman–Crippen MR) is 96.6 cm³/mol. The van der Waals surface area contributed by atoms with E-state index in [1.54, 1.807) is 0 Å². The molecule has 0 N–H and O–H groups in total. The number of hydrogen-bond donors (Lipinski definition) is 0. The Morgan fingerprint density at radius 1 is 1.21 bits per heavy atom. The fraction of sp³-hybridized carbons (Fsp3) is 0.650. The minimum Gasteiger partial charge on any atom is -0.483 e. The minimum atomic E-state index is -0.215. The maximum atomic E-state index is 12.6. The van der Waals surface area contributed by atoms with Crippen molar-refractivity contribution in [3.05, 3.63) is 23.8 Å². The maximum absolute atomic E-state index is 12.6. The van der Waals surface area contributed by atoms with Crippen molar-refractivity contribution < 1.29 is 14.3 Å². The number of ether oxygens (including phenoxy) is 2. The van der Waals surface area contributed by atoms with Crippen LogP contribution in [0.15, 0.2) is 18.2 Å². The summed E-state index contributed by atoms with van der Waals surface area (Å²) in [6.45, 7) is 14.2. The first-order valence-electron chi connectivity index (χ1n) is 8.89. The zero-order chi connectivity index (χ0) is 17.9. The molecule has 24 heavy (non-hydrogen) atoms. The molecule has 0 bridgehead atoms. The third kappa shape index (κ3) is 4.89. The highest BCUT2D eigenvalue weighted by atomic mass is 16.5. The zero-order valence-electron chi connectivity index (χ0n) is 15.9. The van der Waals surface area contributed by atoms with Gasteiger partial charge in [0.25, 0.3) is 5.91 Å². The van der Waals surface area contributed by atoms with Crippen molar-refractivity contribution in [2.45, 2.75) is 53.6 Å². The van der Waals surface area contributed by atoms with Gasteiger partial charge < -0.3 is 14.4 Å². The molecule has 1 aliphatic rings. The van der Waals surface area contributed by atoms with Gasteiger partial charge in [0, 0.05) is 25.1 Å². The Balaban J connectivity index is 2.03. The molecule has 0 unspecified atom stereocenters. The molecule has 0 radical (unpaired) electrons. The van der Waals surface area contributed by atoms with E-state index in [1.165, 1.54) is 0 Å². The van der Waals surface area contributed by atoms with Crippen LogP contribution in [0.5, 0.6) is 11.5 Å². The number of carbonyl (C=O) groups is 1. The Morgan fingerprint density at radius 2 is 1.83 bits per heavy atom. The predicted octanol–water partition coefficient (Wildman–Crippen LogP) is 3.92. The van der Waals surface area contributed by atoms with E-state index >= 15 is 0 Å². The molecular formula is C20H31NO3. The van der Waals surface area contributed by atoms with Crippen LogP contribution >= 0.6 is 0 Å². The van der Waals surface area contributed by atoms with Gasteiger partial charge in [-0.05, 0) is 31.7 Å². The summed E-state index contributed by atoms with van der Waals surface area (Å²) < 4.78 is 11.8. The number of amides is 1. The topological polar surface area (TPSA) is 38.8 Å². The Bertz CT molecular complexity index is 568. The van der Waals surface area contributed by atoms with Crippen molar-refractivity contribution in [2.24, 2.45) is 11.8 Å². The first-order chi connectivity index (χ1) is 11.2. The summed E-state index contributed by atoms with van der Waals surface area (Å²) in [7, 11) is 0. The molecule has 4 heteroatoms. The molecule has 0 aliphatic carbocycles. The van der Waals surface area contributed by atoms with Gasteiger partial charge in [-0.3, -0.25) is 4.79 Å². The highest BCUT2D eigenvalue weighted by Crippen LogP contribution is 2.41. The zero-order valence-corrected chi connectivity index (χ0v) is 15.9. The molecule has 4 nitrogen and oxygen atoms in total. The van der Waals surface area contributed by atoms with E-state index in [-0.39, 0.29) is 18.1 Å². The Hall–Kier alpha value is -1.71. The quantitative estimate of drug-likeness (QED) is 0.759. The molecule has 0 saturated carbocycles. The molecule has 1 aromatic rings. The average molecular weight is 333 g/mol. The fourth-order valence-corrected chi connectivity index (χ4v) is 3.09. The summed E-state index contributed by atoms with van der Waals surface area (Å²) in [6, 6.07) is 5.90. The van der Waals surface area contributed by atoms with Gasteiger partial charge in [-0.25, -0.2) is 0 Å². The maximum Gasteiger partial charge on any atom is 0.260 e. The van der Waals surface area contributed by atoms with Crippen molar-refractivity contribution in [3.8, 4) is 11.5 Å². The minimum absolute atomic E-state index is 0.0345. The van der Waals surface area contributed by atoms with E-state index in [0.29, 0.717) is 17.6 Å². The molecule has 1 heterocycles. The molecule has 0 fully saturated rings. The van der Waals surface area contributed by atoms with E-state index in [1.807, 2.05) is 17.0 Å². The SMILES string of the molecule is CC(C)CN(CC(C)C)C(=O)COc1cccc2c1OC(C)(C)C2. The highest BCUT2D eigenvalue weighted by Gasteiger charge is 2.32. The van der Waals surface area contributed by atoms with Gasteiger partial charge in [-0.15, -0.1) is 0 Å². The van der Waals surface area contributed by atoms with Gasteiger partial charge >= 0.3 is 0 Å². The van der Waals surface area contributed by atoms with Crippen LogP contribution in [0.3, 0.4) is 0 Å². The first kappa shape index (κ1) is 18.6. The van der Waals surface area contributed by atoms with Crippen LogP contribution in [-0.2, 0) is 11.2 Å². The van der Waals surface area contributed by atoms with Crippen molar-refractivity contribution in [1.29, 1.82) is 0 Å². The number of fused-ring (bicyclic) bond motifs is 1. The number of carbonyl (C=O) groups excluding carboxylic acids is 1. The second-order valence-corrected chi connectivity index (χ2v) is 8.16. The van der Waals surface area contributed by atoms with Gasteiger partial charge in [0.2, 0.25) is 0 Å². The smallest absolute Gasteiger partial charge is 0.260 e. The van der Waals surface area contributed by atoms with Crippen molar-refractivity contribution >= 4 is 5.91 Å². The molecule has 134 valence electrons. The third-order valence-corrected chi connectivity index (χ3v) is 3.93. The lowest BCUT2D eigenvalue weighted by Gasteiger charge is -2.26. The molecular weight excluding hydrogens is 302 g/mol. The molecule has 2 rings (SSSR count). The van der Waals surface area contributed by atoms with Gasteiger partial charge in [-0.2, -0.15) is 0 Å². The van der Waals surface area contributed by atoms with Crippen molar-refractivity contribution in [2.75, 3.05) is 19.7 Å². The van der Waals surface area contributed by atoms with Gasteiger partial charge in [-0.1, -0.05) is 39.8 Å². The Morgan fingerprint density at radius 3 is 2.42 bits per heavy atom. The lowest BCUT2D eigenvalue weighted by molar-refractivity contribution is -0.134. The second kappa shape index (κ2) is 7.45. The number of hydrogen-bond acceptors (Lipinski definition) is 3. The molecule has 0 saturated heterocycles. The third-order valence-electron chi connectivity index (χ3n) is 3.93.